The Morgan fingerprint density at radius 1 is 1.14 bits per heavy atom. The second-order valence-corrected chi connectivity index (χ2v) is 12.2. The molecule has 4 rings (SSSR count). The van der Waals surface area contributed by atoms with Crippen LogP contribution in [0.4, 0.5) is 24.8 Å². The Hall–Kier alpha value is -3.28. The first kappa shape index (κ1) is 26.8. The van der Waals surface area contributed by atoms with Crippen LogP contribution >= 0.6 is 0 Å². The van der Waals surface area contributed by atoms with Crippen molar-refractivity contribution in [2.24, 2.45) is 11.3 Å². The molecule has 0 bridgehead atoms. The van der Waals surface area contributed by atoms with Gasteiger partial charge < -0.3 is 14.6 Å². The van der Waals surface area contributed by atoms with E-state index in [4.69, 9.17) is 4.98 Å². The molecule has 2 aromatic carbocycles. The van der Waals surface area contributed by atoms with E-state index in [9.17, 15) is 26.4 Å². The third kappa shape index (κ3) is 6.73. The van der Waals surface area contributed by atoms with Gasteiger partial charge in [0.2, 0.25) is 16.0 Å². The van der Waals surface area contributed by atoms with Gasteiger partial charge in [-0.1, -0.05) is 20.8 Å². The predicted octanol–water partition coefficient (Wildman–Crippen LogP) is 5.76. The molecule has 8 nitrogen and oxygen atoms in total. The van der Waals surface area contributed by atoms with Gasteiger partial charge in [-0.05, 0) is 73.1 Å². The average molecular weight is 539 g/mol. The number of fused-ring (bicyclic) bond motifs is 1. The molecule has 12 heteroatoms. The summed E-state index contributed by atoms with van der Waals surface area (Å²) in [5, 5.41) is 3.20. The fourth-order valence-corrected chi connectivity index (χ4v) is 5.74. The summed E-state index contributed by atoms with van der Waals surface area (Å²) in [6.45, 7) is 6.59. The number of alkyl halides is 3. The molecular formula is C25H29F3N4O4S. The van der Waals surface area contributed by atoms with Crippen LogP contribution in [0.15, 0.2) is 42.5 Å². The largest absolute Gasteiger partial charge is 0.573 e. The minimum absolute atomic E-state index is 0.0207. The van der Waals surface area contributed by atoms with Crippen LogP contribution in [0.25, 0.3) is 11.0 Å². The number of carbonyl (C=O) groups excluding carboxylic acids is 1. The van der Waals surface area contributed by atoms with Gasteiger partial charge in [0.05, 0.1) is 17.3 Å². The summed E-state index contributed by atoms with van der Waals surface area (Å²) in [7, 11) is -3.74. The van der Waals surface area contributed by atoms with Crippen molar-refractivity contribution in [1.82, 2.24) is 14.3 Å². The van der Waals surface area contributed by atoms with Crippen LogP contribution in [0, 0.1) is 11.3 Å². The highest BCUT2D eigenvalue weighted by Gasteiger charge is 2.35. The summed E-state index contributed by atoms with van der Waals surface area (Å²) in [5.41, 5.74) is 1.96. The van der Waals surface area contributed by atoms with E-state index in [2.05, 4.69) is 30.8 Å². The number of nitrogens with one attached hydrogen (secondary N) is 2. The lowest BCUT2D eigenvalue weighted by Crippen LogP contribution is -2.30. The van der Waals surface area contributed by atoms with Gasteiger partial charge in [0, 0.05) is 17.3 Å². The van der Waals surface area contributed by atoms with Crippen LogP contribution in [0.3, 0.4) is 0 Å². The number of imidazole rings is 1. The zero-order chi connectivity index (χ0) is 27.2. The summed E-state index contributed by atoms with van der Waals surface area (Å²) in [5.74, 6) is -0.190. The van der Waals surface area contributed by atoms with Gasteiger partial charge >= 0.3 is 6.36 Å². The van der Waals surface area contributed by atoms with E-state index in [0.717, 1.165) is 25.5 Å². The number of hydrogen-bond acceptors (Lipinski definition) is 6. The number of halogens is 3. The minimum Gasteiger partial charge on any atom is -0.406 e. The zero-order valence-electron chi connectivity index (χ0n) is 20.9. The molecule has 1 fully saturated rings. The Kier molecular flexibility index (Phi) is 6.91. The van der Waals surface area contributed by atoms with Gasteiger partial charge in [-0.15, -0.1) is 13.2 Å². The summed E-state index contributed by atoms with van der Waals surface area (Å²) in [6.07, 6.45) is -1.11. The van der Waals surface area contributed by atoms with E-state index in [-0.39, 0.29) is 22.8 Å². The fraction of sp³-hybridized carbons (Fsp3) is 0.440. The quantitative estimate of drug-likeness (QED) is 0.414. The average Bonchev–Trinajstić information content (AvgIpc) is 3.08. The van der Waals surface area contributed by atoms with Crippen molar-refractivity contribution in [3.8, 4) is 5.75 Å². The van der Waals surface area contributed by atoms with Crippen molar-refractivity contribution in [3.63, 3.8) is 0 Å². The number of anilines is 2. The molecule has 0 aliphatic heterocycles. The van der Waals surface area contributed by atoms with Crippen LogP contribution in [-0.4, -0.2) is 36.5 Å². The first-order valence-electron chi connectivity index (χ1n) is 11.8. The van der Waals surface area contributed by atoms with Crippen molar-refractivity contribution < 1.29 is 31.1 Å². The Balaban J connectivity index is 1.76. The number of amides is 1. The number of carbonyl (C=O) groups is 1. The number of sulfonamides is 1. The maximum atomic E-state index is 12.5. The molecule has 0 unspecified atom stereocenters. The van der Waals surface area contributed by atoms with Gasteiger partial charge in [0.1, 0.15) is 5.75 Å². The number of rotatable bonds is 6. The summed E-state index contributed by atoms with van der Waals surface area (Å²) >= 11 is 0. The number of nitrogens with zero attached hydrogens (tertiary/aromatic N) is 2. The molecular weight excluding hydrogens is 509 g/mol. The molecule has 2 N–H and O–H groups in total. The lowest BCUT2D eigenvalue weighted by atomic mass is 9.70. The third-order valence-electron chi connectivity index (χ3n) is 6.30. The Morgan fingerprint density at radius 2 is 1.81 bits per heavy atom. The Labute approximate surface area is 213 Å². The van der Waals surface area contributed by atoms with E-state index in [1.54, 1.807) is 12.1 Å². The minimum atomic E-state index is -4.78. The summed E-state index contributed by atoms with van der Waals surface area (Å²) in [6, 6.07) is 10.1. The second kappa shape index (κ2) is 9.55. The molecule has 1 saturated carbocycles. The standard InChI is InChI=1S/C25H29F3N4O4S/c1-15-11-18(14-24(2,3)13-15)32-21-12-16(22(33)31-37(4,34)35)5-10-20(21)30-23(32)29-17-6-8-19(9-7-17)36-25(26,27)28/h5-10,12,15,18H,11,13-14H2,1-4H3,(H,29,30)(H,31,33)/t15-,18+/m0/s1. The van der Waals surface area contributed by atoms with E-state index < -0.39 is 22.3 Å². The number of aromatic nitrogens is 2. The van der Waals surface area contributed by atoms with Crippen LogP contribution in [0.2, 0.25) is 0 Å². The van der Waals surface area contributed by atoms with Crippen LogP contribution in [-0.2, 0) is 10.0 Å². The fourth-order valence-electron chi connectivity index (χ4n) is 5.28. The molecule has 1 heterocycles. The maximum absolute atomic E-state index is 12.5. The van der Waals surface area contributed by atoms with E-state index in [0.29, 0.717) is 28.6 Å². The number of hydrogen-bond donors (Lipinski definition) is 2. The highest BCUT2D eigenvalue weighted by atomic mass is 32.2. The molecule has 3 aromatic rings. The topological polar surface area (TPSA) is 102 Å². The van der Waals surface area contributed by atoms with Gasteiger partial charge in [-0.25, -0.2) is 18.1 Å². The number of benzene rings is 2. The molecule has 1 amide bonds. The maximum Gasteiger partial charge on any atom is 0.573 e. The monoisotopic (exact) mass is 538 g/mol. The summed E-state index contributed by atoms with van der Waals surface area (Å²) in [4.78, 5) is 17.3. The lowest BCUT2D eigenvalue weighted by molar-refractivity contribution is -0.274. The van der Waals surface area contributed by atoms with E-state index in [1.807, 2.05) is 9.29 Å². The molecule has 0 radical (unpaired) electrons. The molecule has 200 valence electrons. The van der Waals surface area contributed by atoms with Crippen molar-refractivity contribution in [1.29, 1.82) is 0 Å². The van der Waals surface area contributed by atoms with Gasteiger partial charge in [0.15, 0.2) is 0 Å². The molecule has 2 atom stereocenters. The van der Waals surface area contributed by atoms with Gasteiger partial charge in [-0.3, -0.25) is 4.79 Å². The SMILES string of the molecule is C[C@H]1C[C@@H](n2c(Nc3ccc(OC(F)(F)F)cc3)nc3ccc(C(=O)NS(C)(=O)=O)cc32)CC(C)(C)C1. The van der Waals surface area contributed by atoms with Crippen molar-refractivity contribution in [3.05, 3.63) is 48.0 Å². The van der Waals surface area contributed by atoms with Crippen LogP contribution in [0.5, 0.6) is 5.75 Å². The van der Waals surface area contributed by atoms with Gasteiger partial charge in [-0.2, -0.15) is 0 Å². The smallest absolute Gasteiger partial charge is 0.406 e. The first-order chi connectivity index (χ1) is 17.1. The van der Waals surface area contributed by atoms with Gasteiger partial charge in [0.25, 0.3) is 5.91 Å². The zero-order valence-corrected chi connectivity index (χ0v) is 21.7. The second-order valence-electron chi connectivity index (χ2n) is 10.5. The van der Waals surface area contributed by atoms with E-state index in [1.165, 1.54) is 30.3 Å². The molecule has 1 aliphatic rings. The van der Waals surface area contributed by atoms with Crippen molar-refractivity contribution in [2.45, 2.75) is 52.4 Å². The Bertz CT molecular complexity index is 1420. The highest BCUT2D eigenvalue weighted by molar-refractivity contribution is 7.89. The third-order valence-corrected chi connectivity index (χ3v) is 6.86. The molecule has 37 heavy (non-hydrogen) atoms. The lowest BCUT2D eigenvalue weighted by Gasteiger charge is -2.40. The Morgan fingerprint density at radius 3 is 2.41 bits per heavy atom. The highest BCUT2D eigenvalue weighted by Crippen LogP contribution is 2.46. The van der Waals surface area contributed by atoms with Crippen molar-refractivity contribution in [2.75, 3.05) is 11.6 Å². The van der Waals surface area contributed by atoms with Crippen molar-refractivity contribution >= 4 is 38.6 Å². The van der Waals surface area contributed by atoms with E-state index >= 15 is 0 Å². The normalized spacial score (nSPS) is 20.0. The summed E-state index contributed by atoms with van der Waals surface area (Å²) < 4.78 is 68.7. The molecule has 0 saturated heterocycles. The first-order valence-corrected chi connectivity index (χ1v) is 13.6. The molecule has 1 aromatic heterocycles. The number of ether oxygens (including phenoxy) is 1. The predicted molar refractivity (Wildman–Crippen MR) is 134 cm³/mol. The van der Waals surface area contributed by atoms with Crippen LogP contribution < -0.4 is 14.8 Å². The van der Waals surface area contributed by atoms with Crippen LogP contribution in [0.1, 0.15) is 56.4 Å². The molecule has 1 aliphatic carbocycles. The molecule has 0 spiro atoms.